The standard InChI is InChI=1S/C25H27N3O6S/c1-18-8-11-22(12-9-18)35(30,31)28(23-13-10-21(33-3)15-24(23)34-4)17-25(29)27-26-16-19-6-5-7-20(14-19)32-2/h5-16H,17H2,1-4H3,(H,27,29)/b26-16-. The van der Waals surface area contributed by atoms with Gasteiger partial charge in [-0.2, -0.15) is 5.10 Å². The summed E-state index contributed by atoms with van der Waals surface area (Å²) in [5, 5.41) is 3.95. The number of hydrogen-bond acceptors (Lipinski definition) is 7. The maximum atomic E-state index is 13.6. The third-order valence-electron chi connectivity index (χ3n) is 5.05. The molecule has 0 saturated heterocycles. The number of rotatable bonds is 10. The Balaban J connectivity index is 1.92. The number of anilines is 1. The second-order valence-corrected chi connectivity index (χ2v) is 9.29. The minimum absolute atomic E-state index is 0.0358. The van der Waals surface area contributed by atoms with Crippen LogP contribution in [0.15, 0.2) is 76.7 Å². The van der Waals surface area contributed by atoms with E-state index in [9.17, 15) is 13.2 Å². The molecule has 3 aromatic rings. The van der Waals surface area contributed by atoms with E-state index >= 15 is 0 Å². The molecule has 3 aromatic carbocycles. The lowest BCUT2D eigenvalue weighted by atomic mass is 10.2. The number of sulfonamides is 1. The van der Waals surface area contributed by atoms with Crippen molar-refractivity contribution in [3.63, 3.8) is 0 Å². The van der Waals surface area contributed by atoms with Crippen molar-refractivity contribution in [2.75, 3.05) is 32.2 Å². The number of carbonyl (C=O) groups excluding carboxylic acids is 1. The number of amides is 1. The first-order valence-corrected chi connectivity index (χ1v) is 12.0. The predicted octanol–water partition coefficient (Wildman–Crippen LogP) is 3.37. The Morgan fingerprint density at radius 1 is 0.943 bits per heavy atom. The molecule has 184 valence electrons. The van der Waals surface area contributed by atoms with E-state index < -0.39 is 22.5 Å². The molecule has 9 nitrogen and oxygen atoms in total. The summed E-state index contributed by atoms with van der Waals surface area (Å²) >= 11 is 0. The molecule has 0 aliphatic rings. The van der Waals surface area contributed by atoms with Gasteiger partial charge in [0.15, 0.2) is 0 Å². The van der Waals surface area contributed by atoms with Crippen LogP contribution >= 0.6 is 0 Å². The smallest absolute Gasteiger partial charge is 0.264 e. The van der Waals surface area contributed by atoms with E-state index in [2.05, 4.69) is 10.5 Å². The monoisotopic (exact) mass is 497 g/mol. The number of ether oxygens (including phenoxy) is 3. The minimum Gasteiger partial charge on any atom is -0.497 e. The number of aryl methyl sites for hydroxylation is 1. The Labute approximate surface area is 205 Å². The minimum atomic E-state index is -4.12. The molecule has 3 rings (SSSR count). The molecule has 35 heavy (non-hydrogen) atoms. The van der Waals surface area contributed by atoms with Gasteiger partial charge in [0, 0.05) is 6.07 Å². The highest BCUT2D eigenvalue weighted by Crippen LogP contribution is 2.35. The number of benzene rings is 3. The second kappa shape index (κ2) is 11.4. The molecule has 0 spiro atoms. The van der Waals surface area contributed by atoms with Crippen molar-refractivity contribution in [3.05, 3.63) is 77.9 Å². The summed E-state index contributed by atoms with van der Waals surface area (Å²) in [6.07, 6.45) is 1.44. The van der Waals surface area contributed by atoms with Crippen LogP contribution in [0.1, 0.15) is 11.1 Å². The van der Waals surface area contributed by atoms with Gasteiger partial charge in [0.25, 0.3) is 15.9 Å². The maximum absolute atomic E-state index is 13.6. The average molecular weight is 498 g/mol. The first kappa shape index (κ1) is 25.6. The molecule has 0 radical (unpaired) electrons. The summed E-state index contributed by atoms with van der Waals surface area (Å²) in [7, 11) is 0.328. The summed E-state index contributed by atoms with van der Waals surface area (Å²) in [6, 6.07) is 18.1. The number of nitrogens with one attached hydrogen (secondary N) is 1. The zero-order valence-electron chi connectivity index (χ0n) is 19.9. The quantitative estimate of drug-likeness (QED) is 0.340. The van der Waals surface area contributed by atoms with Crippen LogP contribution in [0.3, 0.4) is 0 Å². The van der Waals surface area contributed by atoms with Crippen LogP contribution in [-0.4, -0.2) is 48.4 Å². The van der Waals surface area contributed by atoms with E-state index in [-0.39, 0.29) is 16.3 Å². The Morgan fingerprint density at radius 3 is 2.29 bits per heavy atom. The van der Waals surface area contributed by atoms with Crippen molar-refractivity contribution in [1.82, 2.24) is 5.43 Å². The van der Waals surface area contributed by atoms with Crippen LogP contribution in [0.5, 0.6) is 17.2 Å². The molecule has 0 aliphatic heterocycles. The molecular weight excluding hydrogens is 470 g/mol. The van der Waals surface area contributed by atoms with Gasteiger partial charge in [-0.1, -0.05) is 29.8 Å². The SMILES string of the molecule is COc1cccc(/C=N\NC(=O)CN(c2ccc(OC)cc2OC)S(=O)(=O)c2ccc(C)cc2)c1. The normalized spacial score (nSPS) is 11.2. The molecule has 0 unspecified atom stereocenters. The Morgan fingerprint density at radius 2 is 1.63 bits per heavy atom. The zero-order chi connectivity index (χ0) is 25.4. The first-order valence-electron chi connectivity index (χ1n) is 10.6. The number of methoxy groups -OCH3 is 3. The maximum Gasteiger partial charge on any atom is 0.264 e. The van der Waals surface area contributed by atoms with Crippen molar-refractivity contribution >= 4 is 27.8 Å². The summed E-state index contributed by atoms with van der Waals surface area (Å²) in [5.74, 6) is 0.707. The van der Waals surface area contributed by atoms with Gasteiger partial charge >= 0.3 is 0 Å². The first-order chi connectivity index (χ1) is 16.8. The van der Waals surface area contributed by atoms with Crippen LogP contribution in [-0.2, 0) is 14.8 Å². The number of carbonyl (C=O) groups is 1. The topological polar surface area (TPSA) is 107 Å². The van der Waals surface area contributed by atoms with E-state index in [1.807, 2.05) is 6.92 Å². The molecule has 10 heteroatoms. The second-order valence-electron chi connectivity index (χ2n) is 7.43. The van der Waals surface area contributed by atoms with Gasteiger partial charge in [-0.3, -0.25) is 9.10 Å². The number of hydrazone groups is 1. The van der Waals surface area contributed by atoms with Gasteiger partial charge in [0.05, 0.1) is 38.1 Å². The molecule has 0 atom stereocenters. The highest BCUT2D eigenvalue weighted by atomic mass is 32.2. The third-order valence-corrected chi connectivity index (χ3v) is 6.82. The van der Waals surface area contributed by atoms with Gasteiger partial charge < -0.3 is 14.2 Å². The van der Waals surface area contributed by atoms with E-state index in [1.165, 1.54) is 38.6 Å². The lowest BCUT2D eigenvalue weighted by Crippen LogP contribution is -2.39. The van der Waals surface area contributed by atoms with Gasteiger partial charge in [0.2, 0.25) is 0 Å². The Kier molecular flexibility index (Phi) is 8.32. The Bertz CT molecular complexity index is 1310. The van der Waals surface area contributed by atoms with E-state index in [0.717, 1.165) is 9.87 Å². The molecule has 1 amide bonds. The lowest BCUT2D eigenvalue weighted by Gasteiger charge is -2.25. The molecular formula is C25H27N3O6S. The highest BCUT2D eigenvalue weighted by Gasteiger charge is 2.29. The number of hydrogen-bond donors (Lipinski definition) is 1. The fourth-order valence-electron chi connectivity index (χ4n) is 3.19. The zero-order valence-corrected chi connectivity index (χ0v) is 20.7. The van der Waals surface area contributed by atoms with Crippen molar-refractivity contribution < 1.29 is 27.4 Å². The van der Waals surface area contributed by atoms with Crippen LogP contribution in [0, 0.1) is 6.92 Å². The van der Waals surface area contributed by atoms with Gasteiger partial charge in [-0.15, -0.1) is 0 Å². The molecule has 0 heterocycles. The molecule has 0 bridgehead atoms. The summed E-state index contributed by atoms with van der Waals surface area (Å²) in [6.45, 7) is 1.32. The average Bonchev–Trinajstić information content (AvgIpc) is 2.87. The van der Waals surface area contributed by atoms with E-state index in [1.54, 1.807) is 55.6 Å². The molecule has 0 aliphatic carbocycles. The van der Waals surface area contributed by atoms with E-state index in [4.69, 9.17) is 14.2 Å². The lowest BCUT2D eigenvalue weighted by molar-refractivity contribution is -0.119. The molecule has 0 saturated carbocycles. The fourth-order valence-corrected chi connectivity index (χ4v) is 4.63. The van der Waals surface area contributed by atoms with Gasteiger partial charge in [-0.25, -0.2) is 13.8 Å². The molecule has 1 N–H and O–H groups in total. The van der Waals surface area contributed by atoms with Crippen LogP contribution < -0.4 is 23.9 Å². The van der Waals surface area contributed by atoms with Crippen molar-refractivity contribution in [2.24, 2.45) is 5.10 Å². The number of nitrogens with zero attached hydrogens (tertiary/aromatic N) is 2. The largest absolute Gasteiger partial charge is 0.497 e. The van der Waals surface area contributed by atoms with E-state index in [0.29, 0.717) is 17.1 Å². The fraction of sp³-hybridized carbons (Fsp3) is 0.200. The summed E-state index contributed by atoms with van der Waals surface area (Å²) < 4.78 is 43.9. The van der Waals surface area contributed by atoms with Gasteiger partial charge in [-0.05, 0) is 48.9 Å². The van der Waals surface area contributed by atoms with Crippen molar-refractivity contribution in [1.29, 1.82) is 0 Å². The predicted molar refractivity (Wildman–Crippen MR) is 134 cm³/mol. The van der Waals surface area contributed by atoms with Crippen molar-refractivity contribution in [3.8, 4) is 17.2 Å². The highest BCUT2D eigenvalue weighted by molar-refractivity contribution is 7.92. The Hall–Kier alpha value is -4.05. The summed E-state index contributed by atoms with van der Waals surface area (Å²) in [5.41, 5.74) is 4.17. The molecule has 0 aromatic heterocycles. The van der Waals surface area contributed by atoms with Crippen LogP contribution in [0.25, 0.3) is 0 Å². The van der Waals surface area contributed by atoms with Gasteiger partial charge in [0.1, 0.15) is 23.8 Å². The van der Waals surface area contributed by atoms with Crippen molar-refractivity contribution in [2.45, 2.75) is 11.8 Å². The third kappa shape index (κ3) is 6.30. The summed E-state index contributed by atoms with van der Waals surface area (Å²) in [4.78, 5) is 12.8. The van der Waals surface area contributed by atoms with Crippen LogP contribution in [0.4, 0.5) is 5.69 Å². The van der Waals surface area contributed by atoms with Crippen LogP contribution in [0.2, 0.25) is 0 Å². The molecule has 0 fully saturated rings.